The number of carbonyl (C=O) groups is 1. The maximum atomic E-state index is 12.6. The van der Waals surface area contributed by atoms with Crippen molar-refractivity contribution in [3.8, 4) is 5.75 Å². The number of ether oxygens (including phenoxy) is 1. The van der Waals surface area contributed by atoms with Crippen LogP contribution in [0.1, 0.15) is 39.3 Å². The van der Waals surface area contributed by atoms with Gasteiger partial charge in [0.05, 0.1) is 24.2 Å². The molecule has 1 heterocycles. The number of nitrogens with one attached hydrogen (secondary N) is 1. The average molecular weight is 428 g/mol. The molecule has 0 aliphatic carbocycles. The number of hydrogen-bond acceptors (Lipinski definition) is 3. The molecule has 0 atom stereocenters. The van der Waals surface area contributed by atoms with Gasteiger partial charge >= 0.3 is 0 Å². The van der Waals surface area contributed by atoms with Crippen molar-refractivity contribution in [2.75, 3.05) is 6.61 Å². The molecular formula is C27H29N3O2. The Hall–Kier alpha value is -3.60. The van der Waals surface area contributed by atoms with E-state index in [0.29, 0.717) is 18.7 Å². The monoisotopic (exact) mass is 427 g/mol. The van der Waals surface area contributed by atoms with Gasteiger partial charge in [0.1, 0.15) is 11.6 Å². The van der Waals surface area contributed by atoms with E-state index in [0.717, 1.165) is 46.7 Å². The van der Waals surface area contributed by atoms with Crippen LogP contribution in [0, 0.1) is 20.8 Å². The molecule has 1 N–H and O–H groups in total. The van der Waals surface area contributed by atoms with Gasteiger partial charge in [-0.25, -0.2) is 4.98 Å². The zero-order valence-electron chi connectivity index (χ0n) is 18.9. The predicted octanol–water partition coefficient (Wildman–Crippen LogP) is 5.36. The van der Waals surface area contributed by atoms with E-state index in [2.05, 4.69) is 48.0 Å². The molecule has 5 heteroatoms. The lowest BCUT2D eigenvalue weighted by molar-refractivity contribution is 0.0949. The first-order valence-electron chi connectivity index (χ1n) is 11.0. The van der Waals surface area contributed by atoms with E-state index in [1.165, 1.54) is 5.56 Å². The molecule has 1 aromatic heterocycles. The topological polar surface area (TPSA) is 56.2 Å². The number of aryl methyl sites for hydroxylation is 4. The summed E-state index contributed by atoms with van der Waals surface area (Å²) in [4.78, 5) is 17.3. The van der Waals surface area contributed by atoms with Crippen molar-refractivity contribution in [3.05, 3.63) is 94.8 Å². The molecular weight excluding hydrogens is 398 g/mol. The molecule has 164 valence electrons. The molecule has 1 amide bonds. The van der Waals surface area contributed by atoms with Crippen molar-refractivity contribution in [2.45, 2.75) is 40.3 Å². The number of hydrogen-bond donors (Lipinski definition) is 1. The number of fused-ring (bicyclic) bond motifs is 1. The fourth-order valence-electron chi connectivity index (χ4n) is 3.74. The van der Waals surface area contributed by atoms with Crippen LogP contribution < -0.4 is 10.1 Å². The molecule has 0 aliphatic heterocycles. The van der Waals surface area contributed by atoms with Crippen molar-refractivity contribution in [2.24, 2.45) is 0 Å². The van der Waals surface area contributed by atoms with Crippen molar-refractivity contribution in [1.82, 2.24) is 14.9 Å². The normalized spacial score (nSPS) is 11.0. The number of benzene rings is 3. The first-order chi connectivity index (χ1) is 15.5. The lowest BCUT2D eigenvalue weighted by Gasteiger charge is -2.12. The highest BCUT2D eigenvalue weighted by Gasteiger charge is 2.12. The highest BCUT2D eigenvalue weighted by atomic mass is 16.5. The van der Waals surface area contributed by atoms with Gasteiger partial charge in [-0.15, -0.1) is 0 Å². The third kappa shape index (κ3) is 4.99. The number of para-hydroxylation sites is 2. The predicted molar refractivity (Wildman–Crippen MR) is 128 cm³/mol. The SMILES string of the molecule is Cc1ccc(C(=O)NCc2nc3ccccc3n2CCCOc2cc(C)ccc2C)cc1. The Morgan fingerprint density at radius 1 is 0.969 bits per heavy atom. The van der Waals surface area contributed by atoms with E-state index >= 15 is 0 Å². The van der Waals surface area contributed by atoms with Crippen LogP contribution in [0.4, 0.5) is 0 Å². The van der Waals surface area contributed by atoms with Crippen molar-refractivity contribution < 1.29 is 9.53 Å². The Bertz CT molecular complexity index is 1230. The number of aromatic nitrogens is 2. The lowest BCUT2D eigenvalue weighted by atomic mass is 10.1. The molecule has 0 unspecified atom stereocenters. The number of rotatable bonds is 8. The Morgan fingerprint density at radius 3 is 2.53 bits per heavy atom. The molecule has 0 saturated heterocycles. The molecule has 3 aromatic carbocycles. The summed E-state index contributed by atoms with van der Waals surface area (Å²) in [7, 11) is 0. The zero-order valence-corrected chi connectivity index (χ0v) is 18.9. The Balaban J connectivity index is 1.43. The highest BCUT2D eigenvalue weighted by molar-refractivity contribution is 5.94. The Labute approximate surface area is 189 Å². The third-order valence-corrected chi connectivity index (χ3v) is 5.58. The van der Waals surface area contributed by atoms with Crippen LogP contribution in [0.25, 0.3) is 11.0 Å². The van der Waals surface area contributed by atoms with E-state index in [1.54, 1.807) is 0 Å². The number of nitrogens with zero attached hydrogens (tertiary/aromatic N) is 2. The summed E-state index contributed by atoms with van der Waals surface area (Å²) in [6, 6.07) is 21.9. The quantitative estimate of drug-likeness (QED) is 0.385. The van der Waals surface area contributed by atoms with Crippen LogP contribution in [0.5, 0.6) is 5.75 Å². The fourth-order valence-corrected chi connectivity index (χ4v) is 3.74. The molecule has 0 saturated carbocycles. The second kappa shape index (κ2) is 9.69. The summed E-state index contributed by atoms with van der Waals surface area (Å²) in [6.07, 6.45) is 0.840. The van der Waals surface area contributed by atoms with E-state index in [1.807, 2.05) is 49.4 Å². The lowest BCUT2D eigenvalue weighted by Crippen LogP contribution is -2.25. The first kappa shape index (κ1) is 21.6. The third-order valence-electron chi connectivity index (χ3n) is 5.58. The molecule has 0 radical (unpaired) electrons. The van der Waals surface area contributed by atoms with Crippen LogP contribution in [0.15, 0.2) is 66.7 Å². The molecule has 0 bridgehead atoms. The van der Waals surface area contributed by atoms with E-state index in [4.69, 9.17) is 9.72 Å². The Kier molecular flexibility index (Phi) is 6.55. The molecule has 32 heavy (non-hydrogen) atoms. The van der Waals surface area contributed by atoms with Crippen LogP contribution in [0.2, 0.25) is 0 Å². The summed E-state index contributed by atoms with van der Waals surface area (Å²) in [5.74, 6) is 1.69. The molecule has 5 nitrogen and oxygen atoms in total. The van der Waals surface area contributed by atoms with E-state index in [-0.39, 0.29) is 5.91 Å². The van der Waals surface area contributed by atoms with Gasteiger partial charge in [0, 0.05) is 12.1 Å². The molecule has 4 aromatic rings. The van der Waals surface area contributed by atoms with Gasteiger partial charge < -0.3 is 14.6 Å². The summed E-state index contributed by atoms with van der Waals surface area (Å²) >= 11 is 0. The maximum Gasteiger partial charge on any atom is 0.251 e. The zero-order chi connectivity index (χ0) is 22.5. The molecule has 0 spiro atoms. The second-order valence-corrected chi connectivity index (χ2v) is 8.19. The number of amides is 1. The second-order valence-electron chi connectivity index (χ2n) is 8.19. The van der Waals surface area contributed by atoms with Gasteiger partial charge in [-0.05, 0) is 68.7 Å². The van der Waals surface area contributed by atoms with Crippen LogP contribution >= 0.6 is 0 Å². The maximum absolute atomic E-state index is 12.6. The van der Waals surface area contributed by atoms with Gasteiger partial charge in [-0.1, -0.05) is 42.0 Å². The molecule has 0 aliphatic rings. The minimum atomic E-state index is -0.0955. The minimum Gasteiger partial charge on any atom is -0.493 e. The first-order valence-corrected chi connectivity index (χ1v) is 11.0. The van der Waals surface area contributed by atoms with Gasteiger partial charge in [-0.2, -0.15) is 0 Å². The van der Waals surface area contributed by atoms with Crippen molar-refractivity contribution in [3.63, 3.8) is 0 Å². The van der Waals surface area contributed by atoms with Crippen molar-refractivity contribution in [1.29, 1.82) is 0 Å². The standard InChI is InChI=1S/C27H29N3O2/c1-19-10-13-22(14-11-19)27(31)28-18-26-29-23-7-4-5-8-24(23)30(26)15-6-16-32-25-17-20(2)9-12-21(25)3/h4-5,7-14,17H,6,15-16,18H2,1-3H3,(H,28,31). The summed E-state index contributed by atoms with van der Waals surface area (Å²) < 4.78 is 8.21. The van der Waals surface area contributed by atoms with Crippen molar-refractivity contribution >= 4 is 16.9 Å². The van der Waals surface area contributed by atoms with Crippen LogP contribution in [0.3, 0.4) is 0 Å². The molecule has 0 fully saturated rings. The summed E-state index contributed by atoms with van der Waals surface area (Å²) in [6.45, 7) is 7.90. The highest BCUT2D eigenvalue weighted by Crippen LogP contribution is 2.20. The Morgan fingerprint density at radius 2 is 1.72 bits per heavy atom. The fraction of sp³-hybridized carbons (Fsp3) is 0.259. The van der Waals surface area contributed by atoms with Gasteiger partial charge in [-0.3, -0.25) is 4.79 Å². The smallest absolute Gasteiger partial charge is 0.251 e. The number of carbonyl (C=O) groups excluding carboxylic acids is 1. The van der Waals surface area contributed by atoms with Gasteiger partial charge in [0.25, 0.3) is 5.91 Å². The van der Waals surface area contributed by atoms with Gasteiger partial charge in [0.15, 0.2) is 0 Å². The summed E-state index contributed by atoms with van der Waals surface area (Å²) in [5.41, 5.74) is 6.12. The molecule has 4 rings (SSSR count). The largest absolute Gasteiger partial charge is 0.493 e. The van der Waals surface area contributed by atoms with Gasteiger partial charge in [0.2, 0.25) is 0 Å². The summed E-state index contributed by atoms with van der Waals surface area (Å²) in [5, 5.41) is 3.01. The average Bonchev–Trinajstić information content (AvgIpc) is 3.15. The van der Waals surface area contributed by atoms with E-state index < -0.39 is 0 Å². The van der Waals surface area contributed by atoms with Crippen LogP contribution in [-0.2, 0) is 13.1 Å². The van der Waals surface area contributed by atoms with Crippen LogP contribution in [-0.4, -0.2) is 22.1 Å². The minimum absolute atomic E-state index is 0.0955. The van der Waals surface area contributed by atoms with E-state index in [9.17, 15) is 4.79 Å². The number of imidazole rings is 1.